The maximum absolute atomic E-state index is 12.9. The Balaban J connectivity index is 1.65. The fraction of sp³-hybridized carbons (Fsp3) is 0.455. The van der Waals surface area contributed by atoms with Crippen LogP contribution in [0.4, 0.5) is 18.9 Å². The molecule has 2 fully saturated rings. The van der Waals surface area contributed by atoms with Gasteiger partial charge in [0.05, 0.1) is 18.2 Å². The van der Waals surface area contributed by atoms with E-state index >= 15 is 0 Å². The number of halogens is 3. The molecule has 0 aliphatic carbocycles. The molecular weight excluding hydrogens is 381 g/mol. The van der Waals surface area contributed by atoms with Crippen LogP contribution in [0.1, 0.15) is 42.3 Å². The standard InChI is InChI=1S/C22H25F3N2O2/c1-26-17-8-9-19(29-22(23,24)25)18(12-17)16-13-21(28-14-16)10-5-11-27-20(21)15-6-3-2-4-7-15/h2-4,6-9,12,16,20,26-27H,5,10-11,13-14H2,1H3/t16-,20-,21+/m0/s1. The van der Waals surface area contributed by atoms with Crippen molar-refractivity contribution in [3.8, 4) is 5.75 Å². The van der Waals surface area contributed by atoms with E-state index in [1.54, 1.807) is 19.2 Å². The molecule has 4 nitrogen and oxygen atoms in total. The van der Waals surface area contributed by atoms with Crippen molar-refractivity contribution < 1.29 is 22.6 Å². The minimum absolute atomic E-state index is 0.0157. The molecule has 2 aliphatic rings. The first-order chi connectivity index (χ1) is 13.9. The van der Waals surface area contributed by atoms with E-state index in [2.05, 4.69) is 27.5 Å². The fourth-order valence-electron chi connectivity index (χ4n) is 4.65. The lowest BCUT2D eigenvalue weighted by Gasteiger charge is -2.41. The van der Waals surface area contributed by atoms with E-state index in [1.807, 2.05) is 18.2 Å². The van der Waals surface area contributed by atoms with Gasteiger partial charge in [-0.25, -0.2) is 0 Å². The van der Waals surface area contributed by atoms with Gasteiger partial charge >= 0.3 is 6.36 Å². The van der Waals surface area contributed by atoms with E-state index in [0.717, 1.165) is 30.6 Å². The number of ether oxygens (including phenoxy) is 2. The van der Waals surface area contributed by atoms with Crippen molar-refractivity contribution in [3.05, 3.63) is 59.7 Å². The highest BCUT2D eigenvalue weighted by atomic mass is 19.4. The first-order valence-corrected chi connectivity index (χ1v) is 9.90. The number of anilines is 1. The van der Waals surface area contributed by atoms with Crippen LogP contribution in [0.3, 0.4) is 0 Å². The Morgan fingerprint density at radius 3 is 2.69 bits per heavy atom. The molecule has 2 N–H and O–H groups in total. The number of hydrogen-bond donors (Lipinski definition) is 2. The zero-order valence-electron chi connectivity index (χ0n) is 16.3. The van der Waals surface area contributed by atoms with E-state index in [1.165, 1.54) is 6.07 Å². The third kappa shape index (κ3) is 4.21. The highest BCUT2D eigenvalue weighted by Crippen LogP contribution is 2.50. The maximum Gasteiger partial charge on any atom is 0.573 e. The molecule has 2 aromatic carbocycles. The number of alkyl halides is 3. The van der Waals surface area contributed by atoms with Crippen molar-refractivity contribution >= 4 is 5.69 Å². The van der Waals surface area contributed by atoms with Gasteiger partial charge in [-0.3, -0.25) is 0 Å². The second kappa shape index (κ2) is 7.88. The molecule has 156 valence electrons. The highest BCUT2D eigenvalue weighted by Gasteiger charge is 2.49. The van der Waals surface area contributed by atoms with Crippen molar-refractivity contribution in [2.45, 2.75) is 43.2 Å². The lowest BCUT2D eigenvalue weighted by Crippen LogP contribution is -2.48. The lowest BCUT2D eigenvalue weighted by molar-refractivity contribution is -0.275. The monoisotopic (exact) mass is 406 g/mol. The van der Waals surface area contributed by atoms with Gasteiger partial charge in [0.1, 0.15) is 5.75 Å². The maximum atomic E-state index is 12.9. The SMILES string of the molecule is CNc1ccc(OC(F)(F)F)c([C@@H]2CO[C@]3(CCCN[C@H]3c3ccccc3)C2)c1. The molecule has 0 bridgehead atoms. The molecule has 0 unspecified atom stereocenters. The predicted molar refractivity (Wildman–Crippen MR) is 105 cm³/mol. The van der Waals surface area contributed by atoms with Crippen LogP contribution in [0, 0.1) is 0 Å². The van der Waals surface area contributed by atoms with Crippen molar-refractivity contribution in [2.75, 3.05) is 25.5 Å². The van der Waals surface area contributed by atoms with Crippen LogP contribution in [-0.4, -0.2) is 32.2 Å². The van der Waals surface area contributed by atoms with Crippen molar-refractivity contribution in [1.82, 2.24) is 5.32 Å². The molecule has 0 saturated carbocycles. The molecule has 29 heavy (non-hydrogen) atoms. The lowest BCUT2D eigenvalue weighted by atomic mass is 9.77. The Kier molecular flexibility index (Phi) is 5.44. The molecule has 3 atom stereocenters. The molecule has 2 heterocycles. The van der Waals surface area contributed by atoms with Crippen LogP contribution in [0.25, 0.3) is 0 Å². The summed E-state index contributed by atoms with van der Waals surface area (Å²) in [6.07, 6.45) is -2.25. The average Bonchev–Trinajstić information content (AvgIpc) is 3.12. The van der Waals surface area contributed by atoms with Gasteiger partial charge in [-0.15, -0.1) is 13.2 Å². The van der Waals surface area contributed by atoms with Crippen LogP contribution in [0.15, 0.2) is 48.5 Å². The molecule has 0 radical (unpaired) electrons. The summed E-state index contributed by atoms with van der Waals surface area (Å²) in [6.45, 7) is 1.26. The largest absolute Gasteiger partial charge is 0.573 e. The Morgan fingerprint density at radius 2 is 1.97 bits per heavy atom. The van der Waals surface area contributed by atoms with Gasteiger partial charge in [0.25, 0.3) is 0 Å². The summed E-state index contributed by atoms with van der Waals surface area (Å²) >= 11 is 0. The third-order valence-corrected chi connectivity index (χ3v) is 5.91. The zero-order chi connectivity index (χ0) is 20.5. The van der Waals surface area contributed by atoms with E-state index in [-0.39, 0.29) is 17.7 Å². The third-order valence-electron chi connectivity index (χ3n) is 5.91. The molecule has 1 spiro atoms. The molecule has 0 amide bonds. The Labute approximate surface area is 168 Å². The van der Waals surface area contributed by atoms with Crippen molar-refractivity contribution in [2.24, 2.45) is 0 Å². The molecule has 2 aromatic rings. The normalized spacial score (nSPS) is 27.2. The highest BCUT2D eigenvalue weighted by molar-refractivity contribution is 5.52. The van der Waals surface area contributed by atoms with Gasteiger partial charge < -0.3 is 20.1 Å². The van der Waals surface area contributed by atoms with Crippen LogP contribution < -0.4 is 15.4 Å². The smallest absolute Gasteiger partial charge is 0.405 e. The van der Waals surface area contributed by atoms with Gasteiger partial charge in [0, 0.05) is 24.2 Å². The van der Waals surface area contributed by atoms with Crippen LogP contribution in [-0.2, 0) is 4.74 Å². The summed E-state index contributed by atoms with van der Waals surface area (Å²) in [6, 6.07) is 14.8. The molecule has 0 aromatic heterocycles. The number of benzene rings is 2. The Hall–Kier alpha value is -2.25. The van der Waals surface area contributed by atoms with Crippen LogP contribution >= 0.6 is 0 Å². The summed E-state index contributed by atoms with van der Waals surface area (Å²) in [5.74, 6) is -0.325. The number of piperidine rings is 1. The van der Waals surface area contributed by atoms with Gasteiger partial charge in [0.2, 0.25) is 0 Å². The number of rotatable bonds is 4. The van der Waals surface area contributed by atoms with E-state index in [4.69, 9.17) is 4.74 Å². The van der Waals surface area contributed by atoms with Gasteiger partial charge in [-0.2, -0.15) is 0 Å². The van der Waals surface area contributed by atoms with Gasteiger partial charge in [-0.05, 0) is 49.6 Å². The molecule has 4 rings (SSSR count). The molecule has 2 saturated heterocycles. The number of nitrogens with one attached hydrogen (secondary N) is 2. The minimum atomic E-state index is -4.73. The Bertz CT molecular complexity index is 844. The van der Waals surface area contributed by atoms with Gasteiger partial charge in [-0.1, -0.05) is 30.3 Å². The van der Waals surface area contributed by atoms with Crippen LogP contribution in [0.5, 0.6) is 5.75 Å². The van der Waals surface area contributed by atoms with E-state index in [0.29, 0.717) is 18.6 Å². The fourth-order valence-corrected chi connectivity index (χ4v) is 4.65. The number of hydrogen-bond acceptors (Lipinski definition) is 4. The van der Waals surface area contributed by atoms with Crippen LogP contribution in [0.2, 0.25) is 0 Å². The first-order valence-electron chi connectivity index (χ1n) is 9.90. The summed E-state index contributed by atoms with van der Waals surface area (Å²) in [4.78, 5) is 0. The summed E-state index contributed by atoms with van der Waals surface area (Å²) in [5, 5.41) is 6.56. The quantitative estimate of drug-likeness (QED) is 0.750. The van der Waals surface area contributed by atoms with Crippen molar-refractivity contribution in [1.29, 1.82) is 0 Å². The zero-order valence-corrected chi connectivity index (χ0v) is 16.3. The first kappa shape index (κ1) is 20.0. The average molecular weight is 406 g/mol. The van der Waals surface area contributed by atoms with E-state index < -0.39 is 12.0 Å². The van der Waals surface area contributed by atoms with E-state index in [9.17, 15) is 13.2 Å². The second-order valence-corrected chi connectivity index (χ2v) is 7.73. The summed E-state index contributed by atoms with van der Waals surface area (Å²) < 4.78 is 49.5. The second-order valence-electron chi connectivity index (χ2n) is 7.73. The molecule has 2 aliphatic heterocycles. The topological polar surface area (TPSA) is 42.5 Å². The molecular formula is C22H25F3N2O2. The predicted octanol–water partition coefficient (Wildman–Crippen LogP) is 4.99. The summed E-state index contributed by atoms with van der Waals surface area (Å²) in [7, 11) is 1.74. The Morgan fingerprint density at radius 1 is 1.17 bits per heavy atom. The summed E-state index contributed by atoms with van der Waals surface area (Å²) in [5.41, 5.74) is 1.99. The van der Waals surface area contributed by atoms with Gasteiger partial charge in [0.15, 0.2) is 0 Å². The minimum Gasteiger partial charge on any atom is -0.405 e. The molecule has 7 heteroatoms. The van der Waals surface area contributed by atoms with Crippen molar-refractivity contribution in [3.63, 3.8) is 0 Å².